The van der Waals surface area contributed by atoms with E-state index >= 15 is 0 Å². The standard InChI is InChI=1S/C20H22N2O3/c1-15-13-22(20(25)14-21(15)19(24)11-12-23)18-10-6-5-9-17(18)16-7-3-2-4-8-16/h2-10,15,23H,11-14H2,1H3/t15-/m0/s1. The van der Waals surface area contributed by atoms with Gasteiger partial charge in [0.05, 0.1) is 12.3 Å². The molecule has 0 spiro atoms. The van der Waals surface area contributed by atoms with Crippen LogP contribution in [0.15, 0.2) is 54.6 Å². The van der Waals surface area contributed by atoms with Crippen molar-refractivity contribution in [3.8, 4) is 11.1 Å². The van der Waals surface area contributed by atoms with Gasteiger partial charge in [-0.05, 0) is 18.6 Å². The summed E-state index contributed by atoms with van der Waals surface area (Å²) < 4.78 is 0. The molecule has 0 saturated carbocycles. The highest BCUT2D eigenvalue weighted by molar-refractivity contribution is 6.01. The first-order valence-corrected chi connectivity index (χ1v) is 8.47. The number of hydrogen-bond acceptors (Lipinski definition) is 3. The molecule has 0 bridgehead atoms. The SMILES string of the molecule is C[C@H]1CN(c2ccccc2-c2ccccc2)C(=O)CN1C(=O)CCO. The van der Waals surface area contributed by atoms with Gasteiger partial charge < -0.3 is 14.9 Å². The topological polar surface area (TPSA) is 60.9 Å². The molecule has 5 nitrogen and oxygen atoms in total. The Kier molecular flexibility index (Phi) is 5.14. The lowest BCUT2D eigenvalue weighted by atomic mass is 10.0. The third-order valence-corrected chi connectivity index (χ3v) is 4.51. The van der Waals surface area contributed by atoms with Gasteiger partial charge in [0.2, 0.25) is 11.8 Å². The minimum atomic E-state index is -0.198. The average Bonchev–Trinajstić information content (AvgIpc) is 2.64. The Morgan fingerprint density at radius 2 is 1.80 bits per heavy atom. The summed E-state index contributed by atoms with van der Waals surface area (Å²) >= 11 is 0. The van der Waals surface area contributed by atoms with Crippen LogP contribution in [-0.2, 0) is 9.59 Å². The zero-order valence-electron chi connectivity index (χ0n) is 14.3. The summed E-state index contributed by atoms with van der Waals surface area (Å²) in [5.41, 5.74) is 2.91. The van der Waals surface area contributed by atoms with Crippen molar-refractivity contribution in [2.75, 3.05) is 24.6 Å². The molecule has 25 heavy (non-hydrogen) atoms. The van der Waals surface area contributed by atoms with Crippen molar-refractivity contribution in [2.45, 2.75) is 19.4 Å². The number of rotatable bonds is 4. The predicted octanol–water partition coefficient (Wildman–Crippen LogP) is 2.30. The largest absolute Gasteiger partial charge is 0.396 e. The normalized spacial score (nSPS) is 17.7. The van der Waals surface area contributed by atoms with E-state index in [9.17, 15) is 9.59 Å². The molecule has 1 atom stereocenters. The van der Waals surface area contributed by atoms with E-state index in [0.29, 0.717) is 6.54 Å². The highest BCUT2D eigenvalue weighted by Gasteiger charge is 2.33. The Morgan fingerprint density at radius 1 is 1.12 bits per heavy atom. The fourth-order valence-electron chi connectivity index (χ4n) is 3.23. The third kappa shape index (κ3) is 3.56. The summed E-state index contributed by atoms with van der Waals surface area (Å²) in [6, 6.07) is 17.7. The zero-order chi connectivity index (χ0) is 17.8. The van der Waals surface area contributed by atoms with Crippen molar-refractivity contribution in [1.82, 2.24) is 4.90 Å². The van der Waals surface area contributed by atoms with Gasteiger partial charge >= 0.3 is 0 Å². The number of hydrogen-bond donors (Lipinski definition) is 1. The van der Waals surface area contributed by atoms with Crippen LogP contribution in [-0.4, -0.2) is 47.6 Å². The van der Waals surface area contributed by atoms with Crippen LogP contribution in [0.1, 0.15) is 13.3 Å². The number of aliphatic hydroxyl groups is 1. The minimum absolute atomic E-state index is 0.0448. The maximum absolute atomic E-state index is 12.7. The lowest BCUT2D eigenvalue weighted by Crippen LogP contribution is -2.57. The van der Waals surface area contributed by atoms with Crippen molar-refractivity contribution in [2.24, 2.45) is 0 Å². The van der Waals surface area contributed by atoms with Crippen molar-refractivity contribution in [3.05, 3.63) is 54.6 Å². The summed E-state index contributed by atoms with van der Waals surface area (Å²) in [7, 11) is 0. The van der Waals surface area contributed by atoms with Crippen molar-refractivity contribution in [1.29, 1.82) is 0 Å². The molecule has 0 aliphatic carbocycles. The molecule has 0 radical (unpaired) electrons. The van der Waals surface area contributed by atoms with Gasteiger partial charge in [0.15, 0.2) is 0 Å². The van der Waals surface area contributed by atoms with Crippen LogP contribution < -0.4 is 4.90 Å². The second-order valence-corrected chi connectivity index (χ2v) is 6.23. The molecule has 1 fully saturated rings. The van der Waals surface area contributed by atoms with Crippen molar-refractivity contribution >= 4 is 17.5 Å². The highest BCUT2D eigenvalue weighted by atomic mass is 16.3. The first-order valence-electron chi connectivity index (χ1n) is 8.47. The highest BCUT2D eigenvalue weighted by Crippen LogP contribution is 2.32. The van der Waals surface area contributed by atoms with E-state index in [4.69, 9.17) is 5.11 Å². The molecular weight excluding hydrogens is 316 g/mol. The molecular formula is C20H22N2O3. The number of aliphatic hydroxyl groups excluding tert-OH is 1. The number of amides is 2. The molecule has 5 heteroatoms. The second-order valence-electron chi connectivity index (χ2n) is 6.23. The van der Waals surface area contributed by atoms with Gasteiger partial charge in [-0.15, -0.1) is 0 Å². The van der Waals surface area contributed by atoms with E-state index in [-0.39, 0.29) is 37.4 Å². The van der Waals surface area contributed by atoms with Gasteiger partial charge in [0.25, 0.3) is 0 Å². The molecule has 2 amide bonds. The Hall–Kier alpha value is -2.66. The van der Waals surface area contributed by atoms with Crippen LogP contribution in [0, 0.1) is 0 Å². The van der Waals surface area contributed by atoms with Crippen LogP contribution in [0.2, 0.25) is 0 Å². The second kappa shape index (κ2) is 7.49. The quantitative estimate of drug-likeness (QED) is 0.930. The third-order valence-electron chi connectivity index (χ3n) is 4.51. The van der Waals surface area contributed by atoms with Crippen LogP contribution in [0.4, 0.5) is 5.69 Å². The Bertz CT molecular complexity index is 761. The van der Waals surface area contributed by atoms with E-state index in [2.05, 4.69) is 0 Å². The molecule has 3 rings (SSSR count). The summed E-state index contributed by atoms with van der Waals surface area (Å²) in [6.07, 6.45) is 0.0538. The van der Waals surface area contributed by atoms with E-state index in [1.54, 1.807) is 9.80 Å². The smallest absolute Gasteiger partial charge is 0.246 e. The summed E-state index contributed by atoms with van der Waals surface area (Å²) in [6.45, 7) is 2.22. The fraction of sp³-hybridized carbons (Fsp3) is 0.300. The molecule has 1 aliphatic heterocycles. The number of carbonyl (C=O) groups excluding carboxylic acids is 2. The molecule has 1 aliphatic rings. The van der Waals surface area contributed by atoms with E-state index in [1.165, 1.54) is 0 Å². The molecule has 1 saturated heterocycles. The number of carbonyl (C=O) groups is 2. The average molecular weight is 338 g/mol. The summed E-state index contributed by atoms with van der Waals surface area (Å²) in [5, 5.41) is 8.97. The van der Waals surface area contributed by atoms with Crippen LogP contribution in [0.5, 0.6) is 0 Å². The van der Waals surface area contributed by atoms with Crippen LogP contribution in [0.25, 0.3) is 11.1 Å². The lowest BCUT2D eigenvalue weighted by molar-refractivity contribution is -0.139. The van der Waals surface area contributed by atoms with E-state index in [0.717, 1.165) is 16.8 Å². The van der Waals surface area contributed by atoms with E-state index in [1.807, 2.05) is 61.5 Å². The van der Waals surface area contributed by atoms with Gasteiger partial charge in [0, 0.05) is 24.6 Å². The molecule has 2 aromatic carbocycles. The number of para-hydroxylation sites is 1. The predicted molar refractivity (Wildman–Crippen MR) is 97.1 cm³/mol. The Labute approximate surface area is 147 Å². The van der Waals surface area contributed by atoms with Crippen LogP contribution in [0.3, 0.4) is 0 Å². The molecule has 130 valence electrons. The summed E-state index contributed by atoms with van der Waals surface area (Å²) in [4.78, 5) is 28.1. The molecule has 0 aromatic heterocycles. The maximum Gasteiger partial charge on any atom is 0.246 e. The van der Waals surface area contributed by atoms with Crippen molar-refractivity contribution < 1.29 is 14.7 Å². The number of piperazine rings is 1. The van der Waals surface area contributed by atoms with Gasteiger partial charge in [-0.3, -0.25) is 9.59 Å². The first-order chi connectivity index (χ1) is 12.1. The Morgan fingerprint density at radius 3 is 2.52 bits per heavy atom. The van der Waals surface area contributed by atoms with Gasteiger partial charge in [-0.1, -0.05) is 48.5 Å². The van der Waals surface area contributed by atoms with Crippen LogP contribution >= 0.6 is 0 Å². The van der Waals surface area contributed by atoms with Gasteiger partial charge in [-0.2, -0.15) is 0 Å². The molecule has 1 N–H and O–H groups in total. The van der Waals surface area contributed by atoms with Gasteiger partial charge in [0.1, 0.15) is 6.54 Å². The minimum Gasteiger partial charge on any atom is -0.396 e. The van der Waals surface area contributed by atoms with Gasteiger partial charge in [-0.25, -0.2) is 0 Å². The van der Waals surface area contributed by atoms with Crippen molar-refractivity contribution in [3.63, 3.8) is 0 Å². The number of anilines is 1. The summed E-state index contributed by atoms with van der Waals surface area (Å²) in [5.74, 6) is -0.285. The monoisotopic (exact) mass is 338 g/mol. The molecule has 2 aromatic rings. The lowest BCUT2D eigenvalue weighted by Gasteiger charge is -2.40. The van der Waals surface area contributed by atoms with E-state index < -0.39 is 0 Å². The molecule has 1 heterocycles. The number of nitrogens with zero attached hydrogens (tertiary/aromatic N) is 2. The number of benzene rings is 2. The Balaban J connectivity index is 1.89. The fourth-order valence-corrected chi connectivity index (χ4v) is 3.23. The zero-order valence-corrected chi connectivity index (χ0v) is 14.3. The first kappa shape index (κ1) is 17.2. The molecule has 0 unspecified atom stereocenters. The maximum atomic E-state index is 12.7.